The molecule has 0 aliphatic heterocycles. The van der Waals surface area contributed by atoms with Crippen molar-refractivity contribution in [2.45, 2.75) is 36.1 Å². The molecule has 0 saturated heterocycles. The van der Waals surface area contributed by atoms with Crippen molar-refractivity contribution in [1.82, 2.24) is 5.32 Å². The summed E-state index contributed by atoms with van der Waals surface area (Å²) in [4.78, 5) is 2.49. The van der Waals surface area contributed by atoms with Crippen LogP contribution in [0.25, 0.3) is 0 Å². The number of hydrogen-bond donors (Lipinski definition) is 1. The van der Waals surface area contributed by atoms with Gasteiger partial charge in [-0.2, -0.15) is 0 Å². The van der Waals surface area contributed by atoms with Crippen LogP contribution in [0, 0.1) is 0 Å². The fourth-order valence-electron chi connectivity index (χ4n) is 2.19. The first kappa shape index (κ1) is 15.9. The number of methoxy groups -OCH3 is 1. The van der Waals surface area contributed by atoms with E-state index in [-0.39, 0.29) is 0 Å². The van der Waals surface area contributed by atoms with Gasteiger partial charge in [0.15, 0.2) is 0 Å². The molecule has 0 fully saturated rings. The van der Waals surface area contributed by atoms with Crippen LogP contribution in [0.5, 0.6) is 5.75 Å². The molecule has 0 amide bonds. The van der Waals surface area contributed by atoms with Crippen LogP contribution in [0.3, 0.4) is 0 Å². The summed E-state index contributed by atoms with van der Waals surface area (Å²) in [5, 5.41) is 3.56. The zero-order valence-electron chi connectivity index (χ0n) is 12.9. The van der Waals surface area contributed by atoms with E-state index in [0.717, 1.165) is 18.7 Å². The Hall–Kier alpha value is -1.45. The summed E-state index contributed by atoms with van der Waals surface area (Å²) >= 11 is 1.79. The van der Waals surface area contributed by atoms with Crippen LogP contribution < -0.4 is 10.1 Å². The predicted molar refractivity (Wildman–Crippen MR) is 90.3 cm³/mol. The van der Waals surface area contributed by atoms with E-state index >= 15 is 0 Å². The van der Waals surface area contributed by atoms with Crippen molar-refractivity contribution >= 4 is 11.8 Å². The normalized spacial score (nSPS) is 12.1. The standard InChI is InChI=1S/C18H23NOS/c1-4-12-19-14(2)17-10-5-6-11-18(17)21-16-9-7-8-15(13-16)20-3/h5-11,13-14,19H,4,12H2,1-3H3. The Morgan fingerprint density at radius 1 is 1.14 bits per heavy atom. The van der Waals surface area contributed by atoms with Crippen LogP contribution in [0.15, 0.2) is 58.3 Å². The minimum absolute atomic E-state index is 0.360. The summed E-state index contributed by atoms with van der Waals surface area (Å²) < 4.78 is 5.30. The van der Waals surface area contributed by atoms with Gasteiger partial charge < -0.3 is 10.1 Å². The number of rotatable bonds is 7. The lowest BCUT2D eigenvalue weighted by Crippen LogP contribution is -2.19. The van der Waals surface area contributed by atoms with Crippen molar-refractivity contribution in [3.8, 4) is 5.75 Å². The van der Waals surface area contributed by atoms with Gasteiger partial charge in [0.05, 0.1) is 7.11 Å². The first-order chi connectivity index (χ1) is 10.2. The van der Waals surface area contributed by atoms with Crippen molar-refractivity contribution in [2.24, 2.45) is 0 Å². The Labute approximate surface area is 131 Å². The summed E-state index contributed by atoms with van der Waals surface area (Å²) in [7, 11) is 1.70. The molecule has 0 spiro atoms. The Morgan fingerprint density at radius 2 is 1.95 bits per heavy atom. The number of benzene rings is 2. The maximum Gasteiger partial charge on any atom is 0.119 e. The maximum absolute atomic E-state index is 5.30. The van der Waals surface area contributed by atoms with Gasteiger partial charge >= 0.3 is 0 Å². The number of nitrogens with one attached hydrogen (secondary N) is 1. The number of ether oxygens (including phenoxy) is 1. The molecule has 1 atom stereocenters. The smallest absolute Gasteiger partial charge is 0.119 e. The van der Waals surface area contributed by atoms with Crippen molar-refractivity contribution in [3.63, 3.8) is 0 Å². The second-order valence-electron chi connectivity index (χ2n) is 4.99. The SMILES string of the molecule is CCCNC(C)c1ccccc1Sc1cccc(OC)c1. The van der Waals surface area contributed by atoms with E-state index in [1.807, 2.05) is 12.1 Å². The summed E-state index contributed by atoms with van der Waals surface area (Å²) in [6, 6.07) is 17.1. The zero-order valence-corrected chi connectivity index (χ0v) is 13.7. The first-order valence-corrected chi connectivity index (χ1v) is 8.20. The van der Waals surface area contributed by atoms with Crippen LogP contribution in [-0.4, -0.2) is 13.7 Å². The fraction of sp³-hybridized carbons (Fsp3) is 0.333. The van der Waals surface area contributed by atoms with Gasteiger partial charge in [-0.25, -0.2) is 0 Å². The maximum atomic E-state index is 5.30. The third-order valence-corrected chi connectivity index (χ3v) is 4.44. The monoisotopic (exact) mass is 301 g/mol. The van der Waals surface area contributed by atoms with Crippen LogP contribution in [-0.2, 0) is 0 Å². The summed E-state index contributed by atoms with van der Waals surface area (Å²) in [5.41, 5.74) is 1.35. The Kier molecular flexibility index (Phi) is 6.15. The Bertz CT molecular complexity index is 571. The van der Waals surface area contributed by atoms with Gasteiger partial charge in [-0.15, -0.1) is 0 Å². The van der Waals surface area contributed by atoms with Gasteiger partial charge in [-0.05, 0) is 49.7 Å². The molecule has 0 heterocycles. The van der Waals surface area contributed by atoms with Crippen molar-refractivity contribution in [3.05, 3.63) is 54.1 Å². The Morgan fingerprint density at radius 3 is 2.71 bits per heavy atom. The molecule has 2 rings (SSSR count). The van der Waals surface area contributed by atoms with E-state index in [0.29, 0.717) is 6.04 Å². The van der Waals surface area contributed by atoms with Crippen molar-refractivity contribution < 1.29 is 4.74 Å². The second kappa shape index (κ2) is 8.11. The molecular weight excluding hydrogens is 278 g/mol. The minimum atomic E-state index is 0.360. The zero-order chi connectivity index (χ0) is 15.1. The lowest BCUT2D eigenvalue weighted by Gasteiger charge is -2.17. The quantitative estimate of drug-likeness (QED) is 0.785. The summed E-state index contributed by atoms with van der Waals surface area (Å²) in [5.74, 6) is 0.898. The van der Waals surface area contributed by atoms with Gasteiger partial charge in [0.2, 0.25) is 0 Å². The van der Waals surface area contributed by atoms with E-state index in [1.165, 1.54) is 15.4 Å². The fourth-order valence-corrected chi connectivity index (χ4v) is 3.28. The van der Waals surface area contributed by atoms with Gasteiger partial charge in [-0.1, -0.05) is 43.0 Å². The van der Waals surface area contributed by atoms with Gasteiger partial charge in [0.25, 0.3) is 0 Å². The highest BCUT2D eigenvalue weighted by atomic mass is 32.2. The molecule has 2 nitrogen and oxygen atoms in total. The topological polar surface area (TPSA) is 21.3 Å². The lowest BCUT2D eigenvalue weighted by atomic mass is 10.1. The van der Waals surface area contributed by atoms with Crippen LogP contribution in [0.4, 0.5) is 0 Å². The molecule has 3 heteroatoms. The van der Waals surface area contributed by atoms with E-state index in [9.17, 15) is 0 Å². The van der Waals surface area contributed by atoms with E-state index in [2.05, 4.69) is 55.6 Å². The Balaban J connectivity index is 2.19. The van der Waals surface area contributed by atoms with Gasteiger partial charge in [0.1, 0.15) is 5.75 Å². The second-order valence-corrected chi connectivity index (χ2v) is 6.11. The van der Waals surface area contributed by atoms with Gasteiger partial charge in [0, 0.05) is 15.8 Å². The van der Waals surface area contributed by atoms with Crippen LogP contribution in [0.1, 0.15) is 31.9 Å². The minimum Gasteiger partial charge on any atom is -0.497 e. The van der Waals surface area contributed by atoms with Crippen molar-refractivity contribution in [1.29, 1.82) is 0 Å². The number of hydrogen-bond acceptors (Lipinski definition) is 3. The lowest BCUT2D eigenvalue weighted by molar-refractivity contribution is 0.413. The summed E-state index contributed by atoms with van der Waals surface area (Å²) in [6.07, 6.45) is 1.15. The molecule has 2 aromatic rings. The van der Waals surface area contributed by atoms with Crippen LogP contribution >= 0.6 is 11.8 Å². The average Bonchev–Trinajstić information content (AvgIpc) is 2.53. The molecule has 0 aliphatic carbocycles. The average molecular weight is 301 g/mol. The molecule has 21 heavy (non-hydrogen) atoms. The molecule has 0 bridgehead atoms. The molecule has 0 aliphatic rings. The highest BCUT2D eigenvalue weighted by molar-refractivity contribution is 7.99. The van der Waals surface area contributed by atoms with Gasteiger partial charge in [-0.3, -0.25) is 0 Å². The highest BCUT2D eigenvalue weighted by Gasteiger charge is 2.10. The van der Waals surface area contributed by atoms with E-state index in [4.69, 9.17) is 4.74 Å². The predicted octanol–water partition coefficient (Wildman–Crippen LogP) is 4.91. The molecule has 1 N–H and O–H groups in total. The molecule has 112 valence electrons. The molecule has 0 aromatic heterocycles. The molecule has 2 aromatic carbocycles. The molecular formula is C18H23NOS. The highest BCUT2D eigenvalue weighted by Crippen LogP contribution is 2.34. The largest absolute Gasteiger partial charge is 0.497 e. The summed E-state index contributed by atoms with van der Waals surface area (Å²) in [6.45, 7) is 5.45. The molecule has 0 saturated carbocycles. The van der Waals surface area contributed by atoms with E-state index in [1.54, 1.807) is 18.9 Å². The third kappa shape index (κ3) is 4.51. The third-order valence-electron chi connectivity index (χ3n) is 3.36. The van der Waals surface area contributed by atoms with Crippen LogP contribution in [0.2, 0.25) is 0 Å². The molecule has 1 unspecified atom stereocenters. The van der Waals surface area contributed by atoms with Crippen molar-refractivity contribution in [2.75, 3.05) is 13.7 Å². The van der Waals surface area contributed by atoms with E-state index < -0.39 is 0 Å². The molecule has 0 radical (unpaired) electrons. The first-order valence-electron chi connectivity index (χ1n) is 7.38.